The van der Waals surface area contributed by atoms with Crippen molar-refractivity contribution in [2.75, 3.05) is 36.8 Å². The third-order valence-corrected chi connectivity index (χ3v) is 8.21. The summed E-state index contributed by atoms with van der Waals surface area (Å²) in [5.74, 6) is -0.264. The molecule has 3 atom stereocenters. The minimum atomic E-state index is -4.12. The Balaban J connectivity index is 1.69. The number of fused-ring (bicyclic) bond motifs is 1. The second-order valence-electron chi connectivity index (χ2n) is 10.3. The Hall–Kier alpha value is -4.11. The van der Waals surface area contributed by atoms with Crippen LogP contribution in [0.4, 0.5) is 16.2 Å². The van der Waals surface area contributed by atoms with Crippen molar-refractivity contribution in [3.05, 3.63) is 47.7 Å². The van der Waals surface area contributed by atoms with Crippen LogP contribution in [0.3, 0.4) is 0 Å². The Morgan fingerprint density at radius 1 is 1.32 bits per heavy atom. The van der Waals surface area contributed by atoms with Crippen LogP contribution in [0.2, 0.25) is 0 Å². The predicted molar refractivity (Wildman–Crippen MR) is 149 cm³/mol. The number of aliphatic hydroxyl groups is 1. The number of aliphatic hydroxyl groups excluding tert-OH is 1. The van der Waals surface area contributed by atoms with E-state index in [0.717, 1.165) is 0 Å². The topological polar surface area (TPSA) is 172 Å². The van der Waals surface area contributed by atoms with Crippen LogP contribution < -0.4 is 14.8 Å². The van der Waals surface area contributed by atoms with Crippen LogP contribution in [0, 0.1) is 19.8 Å². The molecule has 15 heteroatoms. The molecule has 3 N–H and O–H groups in total. The fourth-order valence-corrected chi connectivity index (χ4v) is 5.53. The predicted octanol–water partition coefficient (Wildman–Crippen LogP) is 2.21. The molecule has 0 unspecified atom stereocenters. The van der Waals surface area contributed by atoms with E-state index in [4.69, 9.17) is 9.26 Å². The summed E-state index contributed by atoms with van der Waals surface area (Å²) in [6.07, 6.45) is 2.04. The van der Waals surface area contributed by atoms with Gasteiger partial charge in [-0.2, -0.15) is 8.42 Å². The number of amides is 3. The monoisotopic (exact) mass is 589 g/mol. The van der Waals surface area contributed by atoms with Gasteiger partial charge in [0.05, 0.1) is 36.8 Å². The van der Waals surface area contributed by atoms with Crippen molar-refractivity contribution in [3.8, 4) is 5.75 Å². The van der Waals surface area contributed by atoms with Crippen LogP contribution in [0.25, 0.3) is 0 Å². The van der Waals surface area contributed by atoms with Crippen LogP contribution in [0.5, 0.6) is 5.75 Å². The van der Waals surface area contributed by atoms with E-state index in [1.807, 2.05) is 6.92 Å². The number of likely N-dealkylation sites (N-methyl/N-ethyl adjacent to an activating group) is 1. The summed E-state index contributed by atoms with van der Waals surface area (Å²) < 4.78 is 41.8. The molecule has 4 rings (SSSR count). The number of aryl methyl sites for hydroxylation is 3. The molecule has 2 aromatic heterocycles. The van der Waals surface area contributed by atoms with Gasteiger partial charge in [-0.25, -0.2) is 9.78 Å². The Morgan fingerprint density at radius 3 is 2.66 bits per heavy atom. The zero-order valence-corrected chi connectivity index (χ0v) is 24.6. The molecule has 0 saturated heterocycles. The van der Waals surface area contributed by atoms with E-state index >= 15 is 0 Å². The SMILES string of the molecule is Cc1noc(C)c1NC(=O)N(C)C[C@@H]1Oc2c(NS(=O)(=O)c3cn(C)cn3)cccc2C(=O)N([C@H](C)CO)C[C@H]1C. The van der Waals surface area contributed by atoms with Crippen molar-refractivity contribution in [2.45, 2.75) is 44.9 Å². The van der Waals surface area contributed by atoms with Crippen molar-refractivity contribution < 1.29 is 32.4 Å². The number of aromatic nitrogens is 3. The largest absolute Gasteiger partial charge is 0.485 e. The summed E-state index contributed by atoms with van der Waals surface area (Å²) in [5.41, 5.74) is 1.16. The van der Waals surface area contributed by atoms with Crippen LogP contribution in [0.1, 0.15) is 35.7 Å². The number of urea groups is 1. The first-order valence-corrected chi connectivity index (χ1v) is 14.5. The van der Waals surface area contributed by atoms with Gasteiger partial charge in [-0.3, -0.25) is 9.52 Å². The van der Waals surface area contributed by atoms with Crippen LogP contribution in [-0.4, -0.2) is 88.9 Å². The fraction of sp³-hybridized carbons (Fsp3) is 0.462. The zero-order valence-electron chi connectivity index (χ0n) is 23.8. The lowest BCUT2D eigenvalue weighted by molar-refractivity contribution is 0.0373. The highest BCUT2D eigenvalue weighted by Gasteiger charge is 2.36. The lowest BCUT2D eigenvalue weighted by atomic mass is 9.99. The van der Waals surface area contributed by atoms with E-state index in [9.17, 15) is 23.1 Å². The maximum Gasteiger partial charge on any atom is 0.321 e. The lowest BCUT2D eigenvalue weighted by Crippen LogP contribution is -2.50. The molecule has 0 bridgehead atoms. The summed E-state index contributed by atoms with van der Waals surface area (Å²) in [6, 6.07) is 3.61. The number of ether oxygens (including phenoxy) is 1. The van der Waals surface area contributed by atoms with Gasteiger partial charge in [0.25, 0.3) is 15.9 Å². The number of rotatable bonds is 8. The summed E-state index contributed by atoms with van der Waals surface area (Å²) in [7, 11) is -0.879. The molecular weight excluding hydrogens is 554 g/mol. The normalized spacial score (nSPS) is 18.1. The lowest BCUT2D eigenvalue weighted by Gasteiger charge is -2.38. The Kier molecular flexibility index (Phi) is 8.58. The van der Waals surface area contributed by atoms with E-state index in [-0.39, 0.29) is 47.6 Å². The molecule has 0 spiro atoms. The average Bonchev–Trinajstić information content (AvgIpc) is 3.51. The minimum absolute atomic E-state index is 0.0169. The fourth-order valence-electron chi connectivity index (χ4n) is 4.48. The molecule has 3 aromatic rings. The van der Waals surface area contributed by atoms with E-state index in [0.29, 0.717) is 17.1 Å². The van der Waals surface area contributed by atoms with Crippen molar-refractivity contribution in [3.63, 3.8) is 0 Å². The van der Waals surface area contributed by atoms with E-state index in [1.165, 1.54) is 39.0 Å². The molecule has 3 amide bonds. The average molecular weight is 590 g/mol. The maximum atomic E-state index is 13.7. The quantitative estimate of drug-likeness (QED) is 0.356. The molecule has 0 radical (unpaired) electrons. The van der Waals surface area contributed by atoms with Crippen molar-refractivity contribution >= 4 is 33.3 Å². The molecule has 0 fully saturated rings. The maximum absolute atomic E-state index is 13.7. The molecular formula is C26H35N7O7S. The number of hydrogen-bond acceptors (Lipinski definition) is 9. The van der Waals surface area contributed by atoms with Crippen molar-refractivity contribution in [1.29, 1.82) is 0 Å². The first-order chi connectivity index (χ1) is 19.3. The second-order valence-corrected chi connectivity index (χ2v) is 11.9. The van der Waals surface area contributed by atoms with E-state index in [2.05, 4.69) is 20.2 Å². The number of carbonyl (C=O) groups is 2. The van der Waals surface area contributed by atoms with Gasteiger partial charge in [0.15, 0.2) is 16.5 Å². The molecule has 0 aliphatic carbocycles. The highest BCUT2D eigenvalue weighted by Crippen LogP contribution is 2.36. The van der Waals surface area contributed by atoms with Gasteiger partial charge < -0.3 is 34.1 Å². The zero-order chi connectivity index (χ0) is 30.1. The van der Waals surface area contributed by atoms with Gasteiger partial charge in [-0.05, 0) is 32.9 Å². The molecule has 222 valence electrons. The molecule has 1 aromatic carbocycles. The van der Waals surface area contributed by atoms with Gasteiger partial charge >= 0.3 is 6.03 Å². The molecule has 41 heavy (non-hydrogen) atoms. The number of carbonyl (C=O) groups excluding carboxylic acids is 2. The highest BCUT2D eigenvalue weighted by molar-refractivity contribution is 7.92. The van der Waals surface area contributed by atoms with Crippen LogP contribution in [0.15, 0.2) is 40.3 Å². The standard InChI is InChI=1S/C26H35N7O7S/c1-15-10-33(16(2)13-34)25(35)19-8-7-9-20(30-41(37,38)22-12-31(5)14-27-22)24(19)39-21(15)11-32(6)26(36)28-23-17(3)29-40-18(23)4/h7-9,12,14-16,21,30,34H,10-11,13H2,1-6H3,(H,28,36)/t15-,16-,21+/m1/s1. The number of anilines is 2. The Bertz CT molecular complexity index is 1510. The third-order valence-electron chi connectivity index (χ3n) is 6.96. The van der Waals surface area contributed by atoms with Crippen LogP contribution in [-0.2, 0) is 17.1 Å². The van der Waals surface area contributed by atoms with E-state index < -0.39 is 34.1 Å². The molecule has 14 nitrogen and oxygen atoms in total. The molecule has 1 aliphatic rings. The highest BCUT2D eigenvalue weighted by atomic mass is 32.2. The summed E-state index contributed by atoms with van der Waals surface area (Å²) >= 11 is 0. The van der Waals surface area contributed by atoms with E-state index in [1.54, 1.807) is 40.9 Å². The number of hydrogen-bond donors (Lipinski definition) is 3. The van der Waals surface area contributed by atoms with Gasteiger partial charge in [0, 0.05) is 32.8 Å². The van der Waals surface area contributed by atoms with Gasteiger partial charge in [0.1, 0.15) is 17.5 Å². The van der Waals surface area contributed by atoms with Crippen molar-refractivity contribution in [2.24, 2.45) is 13.0 Å². The molecule has 1 aliphatic heterocycles. The number of sulfonamides is 1. The first-order valence-electron chi connectivity index (χ1n) is 13.0. The number of para-hydroxylation sites is 1. The van der Waals surface area contributed by atoms with Gasteiger partial charge in [0.2, 0.25) is 0 Å². The van der Waals surface area contributed by atoms with Crippen LogP contribution >= 0.6 is 0 Å². The Labute approximate surface area is 238 Å². The van der Waals surface area contributed by atoms with Crippen molar-refractivity contribution in [1.82, 2.24) is 24.5 Å². The number of nitrogens with one attached hydrogen (secondary N) is 2. The number of imidazole rings is 1. The number of nitrogens with zero attached hydrogens (tertiary/aromatic N) is 5. The first kappa shape index (κ1) is 29.9. The smallest absolute Gasteiger partial charge is 0.321 e. The third kappa shape index (κ3) is 6.30. The number of benzene rings is 1. The summed E-state index contributed by atoms with van der Waals surface area (Å²) in [6.45, 7) is 7.03. The second kappa shape index (κ2) is 11.8. The molecule has 0 saturated carbocycles. The molecule has 3 heterocycles. The van der Waals surface area contributed by atoms with Gasteiger partial charge in [-0.15, -0.1) is 0 Å². The Morgan fingerprint density at radius 2 is 2.05 bits per heavy atom. The van der Waals surface area contributed by atoms with Gasteiger partial charge in [-0.1, -0.05) is 18.1 Å². The summed E-state index contributed by atoms with van der Waals surface area (Å²) in [5, 5.41) is 16.3. The summed E-state index contributed by atoms with van der Waals surface area (Å²) in [4.78, 5) is 33.6. The minimum Gasteiger partial charge on any atom is -0.485 e.